The smallest absolute Gasteiger partial charge is 0.193 e. The molecule has 34 heavy (non-hydrogen) atoms. The molecule has 0 unspecified atom stereocenters. The SMILES string of the molecule is O=C(c1ccccc1)c1ccc(OCCCCCCCCCCC[13CH2]Nc2ccccc2)cc1. The fraction of sp³-hybridized carbons (Fsp3) is 0.387. The molecule has 0 fully saturated rings. The van der Waals surface area contributed by atoms with Crippen LogP contribution in [0.2, 0.25) is 0 Å². The largest absolute Gasteiger partial charge is 0.494 e. The first kappa shape index (κ1) is 25.6. The summed E-state index contributed by atoms with van der Waals surface area (Å²) in [5.74, 6) is 0.885. The van der Waals surface area contributed by atoms with Crippen LogP contribution in [0.5, 0.6) is 5.75 Å². The van der Waals surface area contributed by atoms with Crippen LogP contribution < -0.4 is 10.1 Å². The van der Waals surface area contributed by atoms with Crippen LogP contribution in [0.4, 0.5) is 5.69 Å². The zero-order valence-corrected chi connectivity index (χ0v) is 20.4. The fourth-order valence-corrected chi connectivity index (χ4v) is 4.08. The van der Waals surface area contributed by atoms with Gasteiger partial charge in [0, 0.05) is 23.4 Å². The molecule has 1 N–H and O–H groups in total. The molecule has 0 saturated heterocycles. The Morgan fingerprint density at radius 3 is 1.68 bits per heavy atom. The lowest BCUT2D eigenvalue weighted by molar-refractivity contribution is 0.103. The zero-order valence-electron chi connectivity index (χ0n) is 20.4. The van der Waals surface area contributed by atoms with Crippen LogP contribution >= 0.6 is 0 Å². The van der Waals surface area contributed by atoms with E-state index in [1.807, 2.05) is 54.6 Å². The van der Waals surface area contributed by atoms with Crippen LogP contribution in [0.15, 0.2) is 84.9 Å². The maximum atomic E-state index is 12.4. The van der Waals surface area contributed by atoms with Crippen LogP contribution in [0.1, 0.15) is 80.1 Å². The van der Waals surface area contributed by atoms with Gasteiger partial charge in [0.2, 0.25) is 0 Å². The molecule has 0 atom stereocenters. The molecule has 3 rings (SSSR count). The monoisotopic (exact) mass is 458 g/mol. The van der Waals surface area contributed by atoms with Crippen LogP contribution in [0.3, 0.4) is 0 Å². The number of nitrogens with one attached hydrogen (secondary N) is 1. The van der Waals surface area contributed by atoms with Gasteiger partial charge in [-0.15, -0.1) is 0 Å². The number of ether oxygens (including phenoxy) is 1. The molecular weight excluding hydrogens is 419 g/mol. The molecule has 3 aromatic carbocycles. The fourth-order valence-electron chi connectivity index (χ4n) is 4.08. The molecule has 0 aliphatic rings. The third-order valence-electron chi connectivity index (χ3n) is 6.10. The van der Waals surface area contributed by atoms with E-state index >= 15 is 0 Å². The zero-order chi connectivity index (χ0) is 23.7. The lowest BCUT2D eigenvalue weighted by atomic mass is 10.0. The summed E-state index contributed by atoms with van der Waals surface area (Å²) in [7, 11) is 0. The molecule has 0 aliphatic carbocycles. The number of ketones is 1. The lowest BCUT2D eigenvalue weighted by Gasteiger charge is -2.07. The molecule has 3 heteroatoms. The maximum absolute atomic E-state index is 12.4. The summed E-state index contributed by atoms with van der Waals surface area (Å²) in [6.45, 7) is 1.81. The first-order chi connectivity index (χ1) is 16.8. The van der Waals surface area contributed by atoms with E-state index in [2.05, 4.69) is 35.6 Å². The van der Waals surface area contributed by atoms with E-state index in [0.717, 1.165) is 25.3 Å². The van der Waals surface area contributed by atoms with Crippen molar-refractivity contribution in [2.45, 2.75) is 64.2 Å². The second-order valence-electron chi connectivity index (χ2n) is 8.90. The van der Waals surface area contributed by atoms with Gasteiger partial charge in [0.1, 0.15) is 5.75 Å². The predicted molar refractivity (Wildman–Crippen MR) is 143 cm³/mol. The molecule has 0 heterocycles. The van der Waals surface area contributed by atoms with Crippen LogP contribution in [0.25, 0.3) is 0 Å². The minimum atomic E-state index is 0.0483. The van der Waals surface area contributed by atoms with Gasteiger partial charge in [-0.05, 0) is 49.2 Å². The highest BCUT2D eigenvalue weighted by molar-refractivity contribution is 6.08. The van der Waals surface area contributed by atoms with Gasteiger partial charge < -0.3 is 10.1 Å². The number of carbonyl (C=O) groups is 1. The summed E-state index contributed by atoms with van der Waals surface area (Å²) < 4.78 is 5.85. The van der Waals surface area contributed by atoms with Gasteiger partial charge in [0.25, 0.3) is 0 Å². The Bertz CT molecular complexity index is 923. The Labute approximate surface area is 205 Å². The quantitative estimate of drug-likeness (QED) is 0.126. The summed E-state index contributed by atoms with van der Waals surface area (Å²) >= 11 is 0. The molecule has 0 spiro atoms. The van der Waals surface area contributed by atoms with Crippen LogP contribution in [-0.4, -0.2) is 18.9 Å². The molecule has 0 aliphatic heterocycles. The molecule has 0 radical (unpaired) electrons. The topological polar surface area (TPSA) is 38.3 Å². The maximum Gasteiger partial charge on any atom is 0.193 e. The van der Waals surface area contributed by atoms with Crippen molar-refractivity contribution in [3.8, 4) is 5.75 Å². The van der Waals surface area contributed by atoms with Gasteiger partial charge in [0.15, 0.2) is 5.78 Å². The van der Waals surface area contributed by atoms with Gasteiger partial charge in [0.05, 0.1) is 6.61 Å². The molecule has 3 nitrogen and oxygen atoms in total. The molecular formula is C31H39NO2. The van der Waals surface area contributed by atoms with Crippen LogP contribution in [-0.2, 0) is 0 Å². The third kappa shape index (κ3) is 9.82. The van der Waals surface area contributed by atoms with E-state index in [9.17, 15) is 4.79 Å². The molecule has 3 aromatic rings. The van der Waals surface area contributed by atoms with E-state index in [0.29, 0.717) is 11.1 Å². The van der Waals surface area contributed by atoms with E-state index in [4.69, 9.17) is 4.74 Å². The Balaban J connectivity index is 1.12. The highest BCUT2D eigenvalue weighted by Gasteiger charge is 2.08. The number of benzene rings is 3. The number of hydrogen-bond donors (Lipinski definition) is 1. The highest BCUT2D eigenvalue weighted by atomic mass is 16.5. The van der Waals surface area contributed by atoms with Crippen molar-refractivity contribution in [2.24, 2.45) is 0 Å². The summed E-state index contributed by atoms with van der Waals surface area (Å²) in [4.78, 5) is 12.4. The predicted octanol–water partition coefficient (Wildman–Crippen LogP) is 8.31. The van der Waals surface area contributed by atoms with Gasteiger partial charge in [-0.3, -0.25) is 4.79 Å². The average molecular weight is 459 g/mol. The summed E-state index contributed by atoms with van der Waals surface area (Å²) in [5.41, 5.74) is 2.64. The van der Waals surface area contributed by atoms with Crippen molar-refractivity contribution in [3.63, 3.8) is 0 Å². The van der Waals surface area contributed by atoms with E-state index in [-0.39, 0.29) is 5.78 Å². The normalized spacial score (nSPS) is 10.7. The number of unbranched alkanes of at least 4 members (excludes halogenated alkanes) is 9. The molecule has 0 aromatic heterocycles. The van der Waals surface area contributed by atoms with Gasteiger partial charge in [-0.2, -0.15) is 0 Å². The molecule has 0 bridgehead atoms. The first-order valence-corrected chi connectivity index (χ1v) is 12.9. The van der Waals surface area contributed by atoms with E-state index in [1.54, 1.807) is 0 Å². The number of carbonyl (C=O) groups excluding carboxylic acids is 1. The van der Waals surface area contributed by atoms with Crippen molar-refractivity contribution >= 4 is 11.5 Å². The summed E-state index contributed by atoms with van der Waals surface area (Å²) in [6, 6.07) is 27.3. The van der Waals surface area contributed by atoms with Gasteiger partial charge in [-0.1, -0.05) is 99.9 Å². The van der Waals surface area contributed by atoms with Crippen LogP contribution in [0, 0.1) is 0 Å². The van der Waals surface area contributed by atoms with E-state index in [1.165, 1.54) is 63.5 Å². The summed E-state index contributed by atoms with van der Waals surface area (Å²) in [5, 5.41) is 3.48. The molecule has 0 amide bonds. The van der Waals surface area contributed by atoms with Crippen molar-refractivity contribution in [1.29, 1.82) is 0 Å². The number of anilines is 1. The van der Waals surface area contributed by atoms with Gasteiger partial charge in [-0.25, -0.2) is 0 Å². The molecule has 180 valence electrons. The van der Waals surface area contributed by atoms with Gasteiger partial charge >= 0.3 is 0 Å². The second kappa shape index (κ2) is 15.7. The first-order valence-electron chi connectivity index (χ1n) is 12.9. The summed E-state index contributed by atoms with van der Waals surface area (Å²) in [6.07, 6.45) is 12.9. The standard InChI is InChI=1S/C31H39NO2/c33-31(27-17-11-9-12-18-27)28-21-23-30(24-22-28)34-26-16-8-6-4-2-1-3-5-7-15-25-32-29-19-13-10-14-20-29/h9-14,17-24,32H,1-8,15-16,25-26H2/i25+1. The van der Waals surface area contributed by atoms with Crippen molar-refractivity contribution in [2.75, 3.05) is 18.5 Å². The Morgan fingerprint density at radius 1 is 0.559 bits per heavy atom. The average Bonchev–Trinajstić information content (AvgIpc) is 2.90. The molecule has 0 saturated carbocycles. The van der Waals surface area contributed by atoms with E-state index < -0.39 is 0 Å². The Hall–Kier alpha value is -3.07. The Morgan fingerprint density at radius 2 is 1.06 bits per heavy atom. The number of para-hydroxylation sites is 1. The minimum absolute atomic E-state index is 0.0483. The Kier molecular flexibility index (Phi) is 11.8. The second-order valence-corrected chi connectivity index (χ2v) is 8.90. The lowest BCUT2D eigenvalue weighted by Crippen LogP contribution is -2.01. The number of hydrogen-bond acceptors (Lipinski definition) is 3. The van der Waals surface area contributed by atoms with Crippen molar-refractivity contribution in [1.82, 2.24) is 0 Å². The van der Waals surface area contributed by atoms with Crippen molar-refractivity contribution in [3.05, 3.63) is 96.1 Å². The van der Waals surface area contributed by atoms with Crippen molar-refractivity contribution < 1.29 is 9.53 Å². The highest BCUT2D eigenvalue weighted by Crippen LogP contribution is 2.17. The third-order valence-corrected chi connectivity index (χ3v) is 6.10. The number of rotatable bonds is 17. The minimum Gasteiger partial charge on any atom is -0.494 e.